The molecule has 0 atom stereocenters. The van der Waals surface area contributed by atoms with Crippen molar-refractivity contribution in [1.29, 1.82) is 0 Å². The van der Waals surface area contributed by atoms with Gasteiger partial charge in [-0.25, -0.2) is 0 Å². The molecule has 2 aromatic carbocycles. The number of hydrogen-bond acceptors (Lipinski definition) is 4. The third-order valence-electron chi connectivity index (χ3n) is 2.58. The third kappa shape index (κ3) is 4.54. The van der Waals surface area contributed by atoms with E-state index < -0.39 is 0 Å². The van der Waals surface area contributed by atoms with Gasteiger partial charge >= 0.3 is 0 Å². The number of nitrogens with two attached hydrogens (primary N) is 2. The predicted octanol–water partition coefficient (Wildman–Crippen LogP) is 2.45. The molecule has 0 aromatic heterocycles. The van der Waals surface area contributed by atoms with E-state index in [9.17, 15) is 0 Å². The second kappa shape index (κ2) is 7.35. The van der Waals surface area contributed by atoms with Gasteiger partial charge in [-0.3, -0.25) is 0 Å². The van der Waals surface area contributed by atoms with Gasteiger partial charge in [0, 0.05) is 15.4 Å². The normalized spacial score (nSPS) is 10.5. The molecular formula is C15H16N4OS. The first-order valence-electron chi connectivity index (χ1n) is 6.22. The molecule has 0 aliphatic rings. The molecule has 6 heteroatoms. The minimum Gasteiger partial charge on any atom is -0.497 e. The molecule has 0 bridgehead atoms. The lowest BCUT2D eigenvalue weighted by atomic mass is 10.2. The number of rotatable bonds is 5. The maximum Gasteiger partial charge on any atom is 0.211 e. The molecule has 0 aliphatic heterocycles. The van der Waals surface area contributed by atoms with Crippen molar-refractivity contribution in [2.24, 2.45) is 21.7 Å². The van der Waals surface area contributed by atoms with Crippen molar-refractivity contribution in [2.45, 2.75) is 9.79 Å². The Hall–Kier alpha value is -2.47. The molecule has 0 unspecified atom stereocenters. The molecular weight excluding hydrogens is 284 g/mol. The topological polar surface area (TPSA) is 86.0 Å². The quantitative estimate of drug-likeness (QED) is 0.504. The van der Waals surface area contributed by atoms with Gasteiger partial charge in [0.1, 0.15) is 5.75 Å². The number of ether oxygens (including phenoxy) is 1. The Bertz CT molecular complexity index is 649. The third-order valence-corrected chi connectivity index (χ3v) is 3.68. The maximum absolute atomic E-state index is 5.24. The maximum atomic E-state index is 5.24. The van der Waals surface area contributed by atoms with Crippen LogP contribution < -0.4 is 16.2 Å². The van der Waals surface area contributed by atoms with Crippen molar-refractivity contribution in [3.8, 4) is 5.75 Å². The van der Waals surface area contributed by atoms with E-state index >= 15 is 0 Å². The van der Waals surface area contributed by atoms with Crippen LogP contribution in [0.3, 0.4) is 0 Å². The first-order valence-corrected chi connectivity index (χ1v) is 7.03. The summed E-state index contributed by atoms with van der Waals surface area (Å²) in [5.74, 6) is 0.772. The van der Waals surface area contributed by atoms with Gasteiger partial charge in [0.05, 0.1) is 13.3 Å². The van der Waals surface area contributed by atoms with Gasteiger partial charge in [-0.2, -0.15) is 5.10 Å². The van der Waals surface area contributed by atoms with Gasteiger partial charge in [-0.1, -0.05) is 30.0 Å². The summed E-state index contributed by atoms with van der Waals surface area (Å²) in [6.45, 7) is 0. The summed E-state index contributed by atoms with van der Waals surface area (Å²) in [6, 6.07) is 15.8. The summed E-state index contributed by atoms with van der Waals surface area (Å²) in [5.41, 5.74) is 11.4. The highest BCUT2D eigenvalue weighted by Crippen LogP contribution is 2.30. The Balaban J connectivity index is 2.19. The van der Waals surface area contributed by atoms with Gasteiger partial charge in [0.2, 0.25) is 5.96 Å². The Labute approximate surface area is 127 Å². The van der Waals surface area contributed by atoms with E-state index in [4.69, 9.17) is 16.2 Å². The number of nitrogens with zero attached hydrogens (tertiary/aromatic N) is 2. The van der Waals surface area contributed by atoms with Gasteiger partial charge in [-0.05, 0) is 30.3 Å². The average Bonchev–Trinajstić information content (AvgIpc) is 2.49. The standard InChI is InChI=1S/C15H16N4OS/c1-20-12-6-8-13(9-7-12)21-14-5-3-2-4-11(14)10-18-19-15(16)17/h2-10H,1H3,(H4,16,17,19)/b18-10+. The lowest BCUT2D eigenvalue weighted by molar-refractivity contribution is 0.414. The molecule has 2 rings (SSSR count). The van der Waals surface area contributed by atoms with Crippen molar-refractivity contribution < 1.29 is 4.74 Å². The highest BCUT2D eigenvalue weighted by molar-refractivity contribution is 7.99. The summed E-state index contributed by atoms with van der Waals surface area (Å²) in [7, 11) is 1.65. The summed E-state index contributed by atoms with van der Waals surface area (Å²) < 4.78 is 5.15. The number of methoxy groups -OCH3 is 1. The summed E-state index contributed by atoms with van der Waals surface area (Å²) in [4.78, 5) is 2.18. The van der Waals surface area contributed by atoms with E-state index in [1.807, 2.05) is 48.5 Å². The molecule has 0 saturated carbocycles. The highest BCUT2D eigenvalue weighted by Gasteiger charge is 2.02. The number of hydrogen-bond donors (Lipinski definition) is 2. The number of guanidine groups is 1. The van der Waals surface area contributed by atoms with E-state index in [1.165, 1.54) is 0 Å². The fourth-order valence-electron chi connectivity index (χ4n) is 1.61. The van der Waals surface area contributed by atoms with E-state index in [0.717, 1.165) is 21.1 Å². The molecule has 108 valence electrons. The van der Waals surface area contributed by atoms with Crippen molar-refractivity contribution in [1.82, 2.24) is 0 Å². The molecule has 0 spiro atoms. The second-order valence-electron chi connectivity index (χ2n) is 4.08. The SMILES string of the molecule is COc1ccc(Sc2ccccc2/C=N/N=C(N)N)cc1. The monoisotopic (exact) mass is 300 g/mol. The van der Waals surface area contributed by atoms with Gasteiger partial charge < -0.3 is 16.2 Å². The zero-order valence-corrected chi connectivity index (χ0v) is 12.4. The van der Waals surface area contributed by atoms with Crippen LogP contribution >= 0.6 is 11.8 Å². The molecule has 0 radical (unpaired) electrons. The van der Waals surface area contributed by atoms with Crippen molar-refractivity contribution in [2.75, 3.05) is 7.11 Å². The van der Waals surface area contributed by atoms with Crippen LogP contribution in [0.25, 0.3) is 0 Å². The van der Waals surface area contributed by atoms with Crippen LogP contribution in [0, 0.1) is 0 Å². The Morgan fingerprint density at radius 2 is 1.81 bits per heavy atom. The van der Waals surface area contributed by atoms with E-state index in [2.05, 4.69) is 10.2 Å². The first-order chi connectivity index (χ1) is 10.2. The average molecular weight is 300 g/mol. The Morgan fingerprint density at radius 1 is 1.10 bits per heavy atom. The van der Waals surface area contributed by atoms with Gasteiger partial charge in [-0.15, -0.1) is 5.10 Å². The molecule has 5 nitrogen and oxygen atoms in total. The van der Waals surface area contributed by atoms with Crippen LogP contribution in [0.1, 0.15) is 5.56 Å². The fourth-order valence-corrected chi connectivity index (χ4v) is 2.52. The summed E-state index contributed by atoms with van der Waals surface area (Å²) >= 11 is 1.63. The number of benzene rings is 2. The smallest absolute Gasteiger partial charge is 0.211 e. The van der Waals surface area contributed by atoms with Crippen LogP contribution in [0.5, 0.6) is 5.75 Å². The molecule has 0 saturated heterocycles. The molecule has 21 heavy (non-hydrogen) atoms. The predicted molar refractivity (Wildman–Crippen MR) is 87.0 cm³/mol. The second-order valence-corrected chi connectivity index (χ2v) is 5.20. The van der Waals surface area contributed by atoms with Gasteiger partial charge in [0.15, 0.2) is 0 Å². The van der Waals surface area contributed by atoms with Gasteiger partial charge in [0.25, 0.3) is 0 Å². The van der Waals surface area contributed by atoms with Crippen molar-refractivity contribution >= 4 is 23.9 Å². The van der Waals surface area contributed by atoms with Crippen LogP contribution in [-0.4, -0.2) is 19.3 Å². The van der Waals surface area contributed by atoms with Crippen LogP contribution in [0.4, 0.5) is 0 Å². The molecule has 0 fully saturated rings. The first kappa shape index (κ1) is 14.9. The molecule has 0 heterocycles. The largest absolute Gasteiger partial charge is 0.497 e. The lowest BCUT2D eigenvalue weighted by Crippen LogP contribution is -2.21. The van der Waals surface area contributed by atoms with E-state index in [-0.39, 0.29) is 5.96 Å². The summed E-state index contributed by atoms with van der Waals surface area (Å²) in [5, 5.41) is 7.46. The molecule has 4 N–H and O–H groups in total. The zero-order valence-electron chi connectivity index (χ0n) is 11.6. The van der Waals surface area contributed by atoms with Crippen molar-refractivity contribution in [3.63, 3.8) is 0 Å². The van der Waals surface area contributed by atoms with Crippen LogP contribution in [0.2, 0.25) is 0 Å². The molecule has 2 aromatic rings. The Morgan fingerprint density at radius 3 is 2.48 bits per heavy atom. The minimum atomic E-state index is -0.0634. The molecule has 0 amide bonds. The fraction of sp³-hybridized carbons (Fsp3) is 0.0667. The van der Waals surface area contributed by atoms with Crippen molar-refractivity contribution in [3.05, 3.63) is 54.1 Å². The Kier molecular flexibility index (Phi) is 5.22. The summed E-state index contributed by atoms with van der Waals surface area (Å²) in [6.07, 6.45) is 1.63. The van der Waals surface area contributed by atoms with E-state index in [0.29, 0.717) is 0 Å². The van der Waals surface area contributed by atoms with E-state index in [1.54, 1.807) is 25.1 Å². The van der Waals surface area contributed by atoms with Crippen LogP contribution in [0.15, 0.2) is 68.5 Å². The minimum absolute atomic E-state index is 0.0634. The highest BCUT2D eigenvalue weighted by atomic mass is 32.2. The molecule has 0 aliphatic carbocycles. The lowest BCUT2D eigenvalue weighted by Gasteiger charge is -2.06. The zero-order chi connectivity index (χ0) is 15.1. The van der Waals surface area contributed by atoms with Crippen LogP contribution in [-0.2, 0) is 0 Å².